The van der Waals surface area contributed by atoms with Crippen molar-refractivity contribution in [1.82, 2.24) is 24.8 Å². The minimum absolute atomic E-state index is 0.0332. The van der Waals surface area contributed by atoms with Gasteiger partial charge < -0.3 is 24.4 Å². The van der Waals surface area contributed by atoms with E-state index in [4.69, 9.17) is 37.7 Å². The molecule has 1 aliphatic carbocycles. The number of aromatic nitrogens is 3. The zero-order valence-corrected chi connectivity index (χ0v) is 25.0. The fourth-order valence-electron chi connectivity index (χ4n) is 5.46. The fourth-order valence-corrected chi connectivity index (χ4v) is 5.99. The van der Waals surface area contributed by atoms with Crippen LogP contribution in [0.5, 0.6) is 11.6 Å². The molecule has 222 valence electrons. The number of ether oxygens (including phenoxy) is 2. The summed E-state index contributed by atoms with van der Waals surface area (Å²) in [6.45, 7) is 6.00. The Morgan fingerprint density at radius 2 is 1.64 bits per heavy atom. The molecule has 0 radical (unpaired) electrons. The Labute approximate surface area is 255 Å². The summed E-state index contributed by atoms with van der Waals surface area (Å²) >= 11 is 12.6. The van der Waals surface area contributed by atoms with Gasteiger partial charge in [0.25, 0.3) is 0 Å². The lowest BCUT2D eigenvalue weighted by Crippen LogP contribution is -2.45. The van der Waals surface area contributed by atoms with Crippen LogP contribution >= 0.6 is 23.2 Å². The molecule has 3 fully saturated rings. The van der Waals surface area contributed by atoms with Gasteiger partial charge in [0, 0.05) is 67.5 Å². The average Bonchev–Trinajstić information content (AvgIpc) is 3.75. The molecule has 2 aliphatic heterocycles. The van der Waals surface area contributed by atoms with Crippen LogP contribution in [-0.4, -0.2) is 93.8 Å². The molecule has 3 aliphatic rings. The lowest BCUT2D eigenvalue weighted by molar-refractivity contribution is -0.160. The molecule has 2 aromatic heterocycles. The van der Waals surface area contributed by atoms with Crippen LogP contribution in [0.1, 0.15) is 31.2 Å². The number of carbonyl (C=O) groups is 1. The molecule has 6 rings (SSSR count). The summed E-state index contributed by atoms with van der Waals surface area (Å²) in [6, 6.07) is 9.30. The fraction of sp³-hybridized carbons (Fsp3) is 0.467. The van der Waals surface area contributed by atoms with Crippen molar-refractivity contribution in [2.24, 2.45) is 0 Å². The molecule has 2 saturated heterocycles. The van der Waals surface area contributed by atoms with Gasteiger partial charge >= 0.3 is 5.97 Å². The zero-order valence-electron chi connectivity index (χ0n) is 23.5. The van der Waals surface area contributed by atoms with Crippen molar-refractivity contribution in [2.75, 3.05) is 51.2 Å². The first kappa shape index (κ1) is 29.1. The van der Waals surface area contributed by atoms with Gasteiger partial charge in [-0.2, -0.15) is 0 Å². The van der Waals surface area contributed by atoms with Gasteiger partial charge in [0.2, 0.25) is 11.8 Å². The smallest absolute Gasteiger partial charge is 0.335 e. The van der Waals surface area contributed by atoms with Crippen molar-refractivity contribution in [3.8, 4) is 22.9 Å². The molecule has 4 heterocycles. The number of benzene rings is 1. The molecular weight excluding hydrogens is 579 g/mol. The second kappa shape index (κ2) is 12.3. The summed E-state index contributed by atoms with van der Waals surface area (Å²) in [5.74, 6) is 0.764. The van der Waals surface area contributed by atoms with E-state index in [2.05, 4.69) is 31.7 Å². The summed E-state index contributed by atoms with van der Waals surface area (Å²) in [5, 5.41) is 10.5. The minimum atomic E-state index is -0.955. The van der Waals surface area contributed by atoms with E-state index < -0.39 is 11.6 Å². The van der Waals surface area contributed by atoms with Gasteiger partial charge in [0.1, 0.15) is 0 Å². The number of piperazine rings is 1. The summed E-state index contributed by atoms with van der Waals surface area (Å²) in [5.41, 5.74) is 1.54. The Balaban J connectivity index is 1.17. The molecule has 1 N–H and O–H groups in total. The van der Waals surface area contributed by atoms with E-state index in [1.54, 1.807) is 18.5 Å². The molecule has 42 heavy (non-hydrogen) atoms. The Bertz CT molecular complexity index is 1400. The molecule has 12 heteroatoms. The van der Waals surface area contributed by atoms with E-state index in [1.807, 2.05) is 24.3 Å². The van der Waals surface area contributed by atoms with Crippen LogP contribution in [0.15, 0.2) is 42.7 Å². The van der Waals surface area contributed by atoms with E-state index in [9.17, 15) is 9.90 Å². The summed E-state index contributed by atoms with van der Waals surface area (Å²) in [4.78, 5) is 32.2. The molecule has 1 aromatic carbocycles. The predicted octanol–water partition coefficient (Wildman–Crippen LogP) is 4.99. The Morgan fingerprint density at radius 3 is 2.26 bits per heavy atom. The van der Waals surface area contributed by atoms with Gasteiger partial charge in [-0.1, -0.05) is 23.2 Å². The van der Waals surface area contributed by atoms with E-state index in [-0.39, 0.29) is 6.10 Å². The van der Waals surface area contributed by atoms with Crippen LogP contribution in [0.25, 0.3) is 11.3 Å². The Morgan fingerprint density at radius 1 is 0.976 bits per heavy atom. The quantitative estimate of drug-likeness (QED) is 0.355. The molecule has 0 atom stereocenters. The second-order valence-corrected chi connectivity index (χ2v) is 12.2. The number of carboxylic acids is 1. The van der Waals surface area contributed by atoms with Crippen molar-refractivity contribution in [1.29, 1.82) is 0 Å². The number of rotatable bonds is 9. The number of piperidine rings is 1. The van der Waals surface area contributed by atoms with Gasteiger partial charge in [-0.05, 0) is 62.6 Å². The summed E-state index contributed by atoms with van der Waals surface area (Å²) < 4.78 is 12.2. The third-order valence-electron chi connectivity index (χ3n) is 8.07. The molecule has 1 saturated carbocycles. The Kier molecular flexibility index (Phi) is 8.51. The minimum Gasteiger partial charge on any atom is -0.479 e. The van der Waals surface area contributed by atoms with Gasteiger partial charge in [-0.15, -0.1) is 0 Å². The third-order valence-corrected chi connectivity index (χ3v) is 8.51. The number of aliphatic carboxylic acids is 1. The van der Waals surface area contributed by atoms with Gasteiger partial charge in [-0.25, -0.2) is 19.7 Å². The number of hydrogen-bond acceptors (Lipinski definition) is 9. The average molecular weight is 614 g/mol. The van der Waals surface area contributed by atoms with E-state index >= 15 is 0 Å². The number of anilines is 1. The third kappa shape index (κ3) is 6.95. The first-order valence-corrected chi connectivity index (χ1v) is 15.0. The second-order valence-electron chi connectivity index (χ2n) is 11.4. The van der Waals surface area contributed by atoms with Crippen molar-refractivity contribution < 1.29 is 19.4 Å². The normalized spacial score (nSPS) is 19.5. The molecule has 10 nitrogen and oxygen atoms in total. The number of halogens is 2. The maximum atomic E-state index is 11.5. The van der Waals surface area contributed by atoms with Crippen LogP contribution in [0.2, 0.25) is 10.0 Å². The highest BCUT2D eigenvalue weighted by atomic mass is 35.5. The maximum Gasteiger partial charge on any atom is 0.335 e. The topological polar surface area (TPSA) is 104 Å². The number of hydrogen-bond donors (Lipinski definition) is 1. The largest absolute Gasteiger partial charge is 0.479 e. The van der Waals surface area contributed by atoms with Crippen molar-refractivity contribution in [3.05, 3.63) is 58.3 Å². The highest BCUT2D eigenvalue weighted by Gasteiger charge is 2.53. The monoisotopic (exact) mass is 612 g/mol. The number of carboxylic acid groups (broad SMARTS) is 1. The van der Waals surface area contributed by atoms with Crippen molar-refractivity contribution in [2.45, 2.75) is 43.9 Å². The van der Waals surface area contributed by atoms with Crippen LogP contribution < -0.4 is 9.64 Å². The van der Waals surface area contributed by atoms with Crippen LogP contribution in [0.3, 0.4) is 0 Å². The number of likely N-dealkylation sites (tertiary alicyclic amines) is 1. The van der Waals surface area contributed by atoms with Crippen LogP contribution in [0, 0.1) is 0 Å². The van der Waals surface area contributed by atoms with E-state index in [0.29, 0.717) is 52.7 Å². The maximum absolute atomic E-state index is 11.5. The number of likely N-dealkylation sites (N-methyl/N-ethyl adjacent to an activating group) is 1. The molecule has 3 aromatic rings. The molecular formula is C30H34Cl2N6O4. The zero-order chi connectivity index (χ0) is 29.3. The lowest BCUT2D eigenvalue weighted by Gasteiger charge is -2.33. The van der Waals surface area contributed by atoms with E-state index in [1.165, 1.54) is 0 Å². The highest BCUT2D eigenvalue weighted by molar-refractivity contribution is 6.35. The van der Waals surface area contributed by atoms with Gasteiger partial charge in [0.05, 0.1) is 24.2 Å². The molecule has 0 unspecified atom stereocenters. The molecule has 0 amide bonds. The SMILES string of the molecule is CN1CCN(c2ncc(Oc3cc(CN4CCC(OC5(C(=O)O)CC5)CC4)cc(-c4cc(Cl)cc(Cl)c4)n3)cn2)CC1. The number of nitrogens with zero attached hydrogens (tertiary/aromatic N) is 6. The molecule has 0 bridgehead atoms. The Hall–Kier alpha value is -3.02. The summed E-state index contributed by atoms with van der Waals surface area (Å²) in [7, 11) is 2.11. The van der Waals surface area contributed by atoms with Gasteiger partial charge in [-0.3, -0.25) is 4.90 Å². The van der Waals surface area contributed by atoms with Crippen molar-refractivity contribution >= 4 is 35.1 Å². The van der Waals surface area contributed by atoms with E-state index in [0.717, 1.165) is 63.2 Å². The van der Waals surface area contributed by atoms with Crippen LogP contribution in [-0.2, 0) is 16.1 Å². The van der Waals surface area contributed by atoms with Gasteiger partial charge in [0.15, 0.2) is 11.4 Å². The standard InChI is InChI=1S/C30H34Cl2N6O4/c1-36-8-10-38(11-9-36)29-33-17-25(18-34-29)41-27-13-20(12-26(35-27)21-14-22(31)16-23(32)15-21)19-37-6-2-24(3-7-37)42-30(4-5-30)28(39)40/h12-18,24H,2-11,19H2,1H3,(H,39,40). The number of pyridine rings is 1. The first-order chi connectivity index (χ1) is 20.2. The lowest BCUT2D eigenvalue weighted by atomic mass is 10.0. The highest BCUT2D eigenvalue weighted by Crippen LogP contribution is 2.42. The predicted molar refractivity (Wildman–Crippen MR) is 160 cm³/mol. The van der Waals surface area contributed by atoms with Crippen LogP contribution in [0.4, 0.5) is 5.95 Å². The first-order valence-electron chi connectivity index (χ1n) is 14.3. The van der Waals surface area contributed by atoms with Crippen molar-refractivity contribution in [3.63, 3.8) is 0 Å². The molecule has 0 spiro atoms. The summed E-state index contributed by atoms with van der Waals surface area (Å²) in [6.07, 6.45) is 6.10.